The molecule has 0 saturated carbocycles. The predicted octanol–water partition coefficient (Wildman–Crippen LogP) is 3.30. The summed E-state index contributed by atoms with van der Waals surface area (Å²) in [4.78, 5) is 35.0. The van der Waals surface area contributed by atoms with Crippen LogP contribution in [0.2, 0.25) is 0 Å². The Labute approximate surface area is 219 Å². The van der Waals surface area contributed by atoms with Gasteiger partial charge in [-0.1, -0.05) is 26.0 Å². The lowest BCUT2D eigenvalue weighted by Gasteiger charge is -2.47. The fourth-order valence-electron chi connectivity index (χ4n) is 5.54. The molecule has 9 heteroatoms. The number of imidazole rings is 2. The molecule has 37 heavy (non-hydrogen) atoms. The van der Waals surface area contributed by atoms with Crippen molar-refractivity contribution < 1.29 is 9.53 Å². The zero-order valence-corrected chi connectivity index (χ0v) is 22.0. The van der Waals surface area contributed by atoms with Gasteiger partial charge in [-0.15, -0.1) is 0 Å². The van der Waals surface area contributed by atoms with E-state index in [2.05, 4.69) is 55.7 Å². The molecule has 2 N–H and O–H groups in total. The van der Waals surface area contributed by atoms with Crippen LogP contribution in [0.5, 0.6) is 0 Å². The summed E-state index contributed by atoms with van der Waals surface area (Å²) in [5, 5.41) is 0. The number of ether oxygens (including phenoxy) is 1. The van der Waals surface area contributed by atoms with Crippen molar-refractivity contribution in [3.05, 3.63) is 71.8 Å². The highest BCUT2D eigenvalue weighted by atomic mass is 16.5. The number of morpholine rings is 1. The maximum Gasteiger partial charge on any atom is 0.254 e. The number of aromatic amines is 2. The van der Waals surface area contributed by atoms with Crippen LogP contribution in [0, 0.1) is 5.92 Å². The molecule has 198 valence electrons. The van der Waals surface area contributed by atoms with Crippen LogP contribution >= 0.6 is 0 Å². The van der Waals surface area contributed by atoms with Gasteiger partial charge >= 0.3 is 0 Å². The Morgan fingerprint density at radius 3 is 2.22 bits per heavy atom. The topological polar surface area (TPSA) is 93.4 Å². The lowest BCUT2D eigenvalue weighted by molar-refractivity contribution is -0.137. The first-order chi connectivity index (χ1) is 18.0. The number of hydrogen-bond donors (Lipinski definition) is 2. The zero-order valence-electron chi connectivity index (χ0n) is 22.0. The van der Waals surface area contributed by atoms with Gasteiger partial charge < -0.3 is 19.6 Å². The fourth-order valence-corrected chi connectivity index (χ4v) is 5.54. The molecular weight excluding hydrogens is 466 g/mol. The van der Waals surface area contributed by atoms with E-state index in [1.807, 2.05) is 12.1 Å². The van der Waals surface area contributed by atoms with Gasteiger partial charge in [-0.3, -0.25) is 14.6 Å². The zero-order chi connectivity index (χ0) is 25.7. The molecule has 2 saturated heterocycles. The lowest BCUT2D eigenvalue weighted by Crippen LogP contribution is -2.57. The van der Waals surface area contributed by atoms with Crippen LogP contribution in [-0.4, -0.2) is 85.5 Å². The number of rotatable bonds is 9. The summed E-state index contributed by atoms with van der Waals surface area (Å²) in [7, 11) is 0. The molecule has 2 aliphatic heterocycles. The lowest BCUT2D eigenvalue weighted by atomic mass is 9.89. The molecular formula is C28H39N7O2. The number of piperidine rings is 1. The van der Waals surface area contributed by atoms with Crippen molar-refractivity contribution in [1.29, 1.82) is 0 Å². The quantitative estimate of drug-likeness (QED) is 0.464. The molecule has 2 aromatic heterocycles. The molecule has 2 aliphatic rings. The molecule has 1 amide bonds. The molecule has 3 aromatic rings. The van der Waals surface area contributed by atoms with Gasteiger partial charge in [0.15, 0.2) is 0 Å². The maximum absolute atomic E-state index is 13.4. The Hall–Kier alpha value is -3.01. The van der Waals surface area contributed by atoms with Crippen molar-refractivity contribution in [3.63, 3.8) is 0 Å². The summed E-state index contributed by atoms with van der Waals surface area (Å²) < 4.78 is 6.33. The Morgan fingerprint density at radius 2 is 1.65 bits per heavy atom. The van der Waals surface area contributed by atoms with Crippen molar-refractivity contribution in [2.24, 2.45) is 5.92 Å². The van der Waals surface area contributed by atoms with Crippen LogP contribution in [0.1, 0.15) is 54.3 Å². The fraction of sp³-hybridized carbons (Fsp3) is 0.536. The van der Waals surface area contributed by atoms with Crippen LogP contribution in [-0.2, 0) is 24.4 Å². The number of amides is 1. The molecule has 9 nitrogen and oxygen atoms in total. The number of likely N-dealkylation sites (tertiary alicyclic amines) is 1. The number of nitrogens with zero attached hydrogens (tertiary/aromatic N) is 5. The van der Waals surface area contributed by atoms with Crippen LogP contribution in [0.4, 0.5) is 0 Å². The van der Waals surface area contributed by atoms with Crippen LogP contribution in [0.25, 0.3) is 0 Å². The Bertz CT molecular complexity index is 1070. The molecule has 0 bridgehead atoms. The van der Waals surface area contributed by atoms with E-state index in [0.717, 1.165) is 70.4 Å². The molecule has 4 heterocycles. The minimum atomic E-state index is -0.0420. The molecule has 0 radical (unpaired) electrons. The largest absolute Gasteiger partial charge is 0.372 e. The molecule has 0 unspecified atom stereocenters. The van der Waals surface area contributed by atoms with E-state index in [0.29, 0.717) is 24.6 Å². The number of carbonyl (C=O) groups is 1. The average Bonchev–Trinajstić information content (AvgIpc) is 3.60. The predicted molar refractivity (Wildman–Crippen MR) is 142 cm³/mol. The third-order valence-corrected chi connectivity index (χ3v) is 7.40. The maximum atomic E-state index is 13.4. The number of aromatic nitrogens is 4. The van der Waals surface area contributed by atoms with Gasteiger partial charge in [0.2, 0.25) is 0 Å². The second-order valence-electron chi connectivity index (χ2n) is 10.9. The Kier molecular flexibility index (Phi) is 8.02. The molecule has 2 fully saturated rings. The summed E-state index contributed by atoms with van der Waals surface area (Å²) in [5.74, 6) is 2.13. The number of benzene rings is 1. The van der Waals surface area contributed by atoms with E-state index in [-0.39, 0.29) is 11.5 Å². The summed E-state index contributed by atoms with van der Waals surface area (Å²) in [6, 6.07) is 8.04. The first-order valence-electron chi connectivity index (χ1n) is 13.4. The van der Waals surface area contributed by atoms with Crippen molar-refractivity contribution in [3.8, 4) is 0 Å². The Balaban J connectivity index is 1.17. The number of carbonyl (C=O) groups excluding carboxylic acids is 1. The van der Waals surface area contributed by atoms with E-state index in [4.69, 9.17) is 4.74 Å². The summed E-state index contributed by atoms with van der Waals surface area (Å²) in [5.41, 5.74) is 1.91. The minimum Gasteiger partial charge on any atom is -0.372 e. The van der Waals surface area contributed by atoms with Gasteiger partial charge in [-0.25, -0.2) is 9.97 Å². The van der Waals surface area contributed by atoms with Crippen LogP contribution < -0.4 is 0 Å². The second kappa shape index (κ2) is 11.6. The minimum absolute atomic E-state index is 0.0192. The van der Waals surface area contributed by atoms with Crippen LogP contribution in [0.3, 0.4) is 0 Å². The highest BCUT2D eigenvalue weighted by Gasteiger charge is 2.39. The van der Waals surface area contributed by atoms with Crippen molar-refractivity contribution in [2.75, 3.05) is 39.3 Å². The third-order valence-electron chi connectivity index (χ3n) is 7.40. The summed E-state index contributed by atoms with van der Waals surface area (Å²) >= 11 is 0. The SMILES string of the molecule is CC(C)CN1CCOC2(CCN(Cc3ccc(C(=O)N(Cc4ncc[nH]4)Cc4ncc[nH]4)cc3)CC2)C1. The standard InChI is InChI=1S/C28H39N7O2/c1-22(2)17-34-15-16-37-28(21-34)7-13-33(14-8-28)18-23-3-5-24(6-4-23)27(36)35(19-25-29-9-10-30-25)20-26-31-11-12-32-26/h3-6,9-12,22H,7-8,13-21H2,1-2H3,(H,29,30)(H,31,32). The van der Waals surface area contributed by atoms with Gasteiger partial charge in [0.05, 0.1) is 25.3 Å². The smallest absolute Gasteiger partial charge is 0.254 e. The van der Waals surface area contributed by atoms with Gasteiger partial charge in [0.1, 0.15) is 11.6 Å². The van der Waals surface area contributed by atoms with E-state index in [1.54, 1.807) is 29.7 Å². The van der Waals surface area contributed by atoms with Crippen molar-refractivity contribution >= 4 is 5.91 Å². The van der Waals surface area contributed by atoms with Crippen molar-refractivity contribution in [2.45, 2.75) is 51.9 Å². The normalized spacial score (nSPS) is 18.5. The first-order valence-corrected chi connectivity index (χ1v) is 13.4. The average molecular weight is 506 g/mol. The third kappa shape index (κ3) is 6.66. The summed E-state index contributed by atoms with van der Waals surface area (Å²) in [6.07, 6.45) is 9.09. The summed E-state index contributed by atoms with van der Waals surface area (Å²) in [6.45, 7) is 12.4. The van der Waals surface area contributed by atoms with Gasteiger partial charge in [0.25, 0.3) is 5.91 Å². The van der Waals surface area contributed by atoms with E-state index in [9.17, 15) is 4.79 Å². The van der Waals surface area contributed by atoms with E-state index in [1.165, 1.54) is 5.56 Å². The number of nitrogens with one attached hydrogen (secondary N) is 2. The number of hydrogen-bond acceptors (Lipinski definition) is 6. The highest BCUT2D eigenvalue weighted by Crippen LogP contribution is 2.31. The van der Waals surface area contributed by atoms with Crippen LogP contribution in [0.15, 0.2) is 49.1 Å². The van der Waals surface area contributed by atoms with E-state index < -0.39 is 0 Å². The van der Waals surface area contributed by atoms with Gasteiger partial charge in [-0.2, -0.15) is 0 Å². The highest BCUT2D eigenvalue weighted by molar-refractivity contribution is 5.94. The molecule has 0 aliphatic carbocycles. The van der Waals surface area contributed by atoms with Gasteiger partial charge in [-0.05, 0) is 36.5 Å². The Morgan fingerprint density at radius 1 is 1.00 bits per heavy atom. The monoisotopic (exact) mass is 505 g/mol. The first kappa shape index (κ1) is 25.6. The molecule has 1 aromatic carbocycles. The van der Waals surface area contributed by atoms with Crippen molar-refractivity contribution in [1.82, 2.24) is 34.6 Å². The molecule has 0 atom stereocenters. The molecule has 5 rings (SSSR count). The molecule has 1 spiro atoms. The second-order valence-corrected chi connectivity index (χ2v) is 10.9. The van der Waals surface area contributed by atoms with Gasteiger partial charge in [0, 0.05) is 69.6 Å². The van der Waals surface area contributed by atoms with E-state index >= 15 is 0 Å². The number of H-pyrrole nitrogens is 2.